The van der Waals surface area contributed by atoms with Crippen molar-refractivity contribution in [3.8, 4) is 17.6 Å². The Hall–Kier alpha value is -6.76. The molecule has 2 aromatic heterocycles. The molecule has 9 rings (SSSR count). The average Bonchev–Trinajstić information content (AvgIpc) is 4.09. The minimum atomic E-state index is -1.37. The van der Waals surface area contributed by atoms with Gasteiger partial charge in [-0.05, 0) is 158 Å². The number of nitrogens with one attached hydrogen (secondary N) is 1. The topological polar surface area (TPSA) is 160 Å². The fourth-order valence-corrected chi connectivity index (χ4v) is 10.4. The maximum atomic E-state index is 13.2. The van der Waals surface area contributed by atoms with Crippen LogP contribution >= 0.6 is 0 Å². The van der Waals surface area contributed by atoms with Gasteiger partial charge in [0, 0.05) is 41.7 Å². The van der Waals surface area contributed by atoms with Gasteiger partial charge in [0.1, 0.15) is 17.1 Å². The molecule has 0 bridgehead atoms. The molecular formula is C58H69N5O7. The number of aryl methyl sites for hydroxylation is 1. The smallest absolute Gasteiger partial charge is 0.449 e. The number of para-hydroxylation sites is 1. The number of benzene rings is 4. The normalized spacial score (nSPS) is 21.0. The van der Waals surface area contributed by atoms with Crippen LogP contribution in [0.15, 0.2) is 156 Å². The molecule has 2 amide bonds. The van der Waals surface area contributed by atoms with E-state index in [4.69, 9.17) is 20.0 Å². The predicted octanol–water partition coefficient (Wildman–Crippen LogP) is 11.1. The first-order chi connectivity index (χ1) is 34.0. The summed E-state index contributed by atoms with van der Waals surface area (Å²) in [5.41, 5.74) is 10.3. The van der Waals surface area contributed by atoms with E-state index in [9.17, 15) is 14.4 Å². The van der Waals surface area contributed by atoms with Gasteiger partial charge in [-0.1, -0.05) is 109 Å². The van der Waals surface area contributed by atoms with Gasteiger partial charge in [0.2, 0.25) is 11.8 Å². The fraction of sp³-hybridized carbons (Fsp3) is 0.379. The molecule has 3 aliphatic rings. The number of rotatable bonds is 15. The number of pyridine rings is 1. The monoisotopic (exact) mass is 948 g/mol. The van der Waals surface area contributed by atoms with Gasteiger partial charge in [-0.25, -0.2) is 9.78 Å². The molecule has 3 fully saturated rings. The van der Waals surface area contributed by atoms with Crippen molar-refractivity contribution in [3.05, 3.63) is 180 Å². The van der Waals surface area contributed by atoms with Crippen LogP contribution in [0.2, 0.25) is 0 Å². The summed E-state index contributed by atoms with van der Waals surface area (Å²) in [6.45, 7) is 2.39. The number of ether oxygens (including phenoxy) is 2. The Balaban J connectivity index is 0.000000170. The highest BCUT2D eigenvalue weighted by Gasteiger charge is 2.42. The summed E-state index contributed by atoms with van der Waals surface area (Å²) in [5, 5.41) is 11.7. The van der Waals surface area contributed by atoms with E-state index in [0.29, 0.717) is 29.4 Å². The van der Waals surface area contributed by atoms with E-state index in [1.54, 1.807) is 24.4 Å². The molecule has 4 aromatic carbocycles. The van der Waals surface area contributed by atoms with Crippen LogP contribution in [0, 0.1) is 5.92 Å². The summed E-state index contributed by atoms with van der Waals surface area (Å²) < 4.78 is 15.5. The first kappa shape index (κ1) is 51.1. The average molecular weight is 948 g/mol. The number of carbonyl (C=O) groups excluding carboxylic acids is 2. The van der Waals surface area contributed by atoms with Crippen molar-refractivity contribution in [2.24, 2.45) is 11.7 Å². The molecule has 4 N–H and O–H groups in total. The Morgan fingerprint density at radius 1 is 0.743 bits per heavy atom. The maximum absolute atomic E-state index is 13.2. The molecule has 368 valence electrons. The highest BCUT2D eigenvalue weighted by Crippen LogP contribution is 2.40. The molecule has 12 heteroatoms. The molecule has 3 heterocycles. The summed E-state index contributed by atoms with van der Waals surface area (Å²) in [5.74, 6) is 1.53. The third-order valence-electron chi connectivity index (χ3n) is 14.4. The van der Waals surface area contributed by atoms with Gasteiger partial charge < -0.3 is 34.9 Å². The van der Waals surface area contributed by atoms with E-state index in [1.165, 1.54) is 43.1 Å². The second-order valence-electron chi connectivity index (χ2n) is 19.1. The molecule has 6 aromatic rings. The molecule has 0 unspecified atom stereocenters. The second kappa shape index (κ2) is 25.2. The number of hydrogen-bond donors (Lipinski definition) is 3. The third-order valence-corrected chi connectivity index (χ3v) is 14.4. The van der Waals surface area contributed by atoms with E-state index >= 15 is 0 Å². The molecule has 0 radical (unpaired) electrons. The number of nitrogens with zero attached hydrogens (tertiary/aromatic N) is 3. The summed E-state index contributed by atoms with van der Waals surface area (Å²) >= 11 is 0. The molecular weight excluding hydrogens is 879 g/mol. The SMILES string of the molecule is CN(C)C1(CCc2ccccc2)CCC(C(N)=O)CC1.O=C(NC1CCC(Cc2ccccc2)(N2CCCC2)CC1)c1cccnc1Oc1ccccc1.O=C(O)Oc1ccc(Cc2ccccc2)o1. The lowest BCUT2D eigenvalue weighted by Crippen LogP contribution is -2.54. The molecule has 1 saturated heterocycles. The van der Waals surface area contributed by atoms with E-state index in [-0.39, 0.29) is 40.8 Å². The zero-order valence-corrected chi connectivity index (χ0v) is 40.7. The molecule has 0 atom stereocenters. The van der Waals surface area contributed by atoms with Crippen molar-refractivity contribution >= 4 is 18.0 Å². The summed E-state index contributed by atoms with van der Waals surface area (Å²) in [6, 6.07) is 47.7. The standard InChI is InChI=1S/C29H33N3O2.C17H26N2O.C12H10O4/c33-27(26-14-9-19-30-28(26)34-25-12-5-2-6-13-25)31-24-15-17-29(18-16-24,32-20-7-8-21-32)22-23-10-3-1-4-11-23;1-19(2)17(11-8-14-6-4-3-5-7-14)12-9-15(10-13-17)16(18)20;13-12(14)16-11-7-6-10(15-11)8-9-4-2-1-3-5-9/h1-6,9-14,19,24H,7-8,15-18,20-22H2,(H,31,33);3-7,15H,8-13H2,1-2H3,(H2,18,20);1-7H,8H2,(H,13,14). The van der Waals surface area contributed by atoms with E-state index in [1.807, 2.05) is 60.7 Å². The van der Waals surface area contributed by atoms with Crippen molar-refractivity contribution < 1.29 is 33.4 Å². The minimum Gasteiger partial charge on any atom is -0.449 e. The van der Waals surface area contributed by atoms with E-state index < -0.39 is 6.16 Å². The van der Waals surface area contributed by atoms with E-state index in [2.05, 4.69) is 99.6 Å². The fourth-order valence-electron chi connectivity index (χ4n) is 10.4. The van der Waals surface area contributed by atoms with Crippen molar-refractivity contribution in [2.75, 3.05) is 27.2 Å². The van der Waals surface area contributed by atoms with Crippen LogP contribution in [0.4, 0.5) is 4.79 Å². The number of amides is 2. The first-order valence-electron chi connectivity index (χ1n) is 24.8. The van der Waals surface area contributed by atoms with Crippen molar-refractivity contribution in [1.82, 2.24) is 20.1 Å². The zero-order chi connectivity index (χ0) is 49.2. The zero-order valence-electron chi connectivity index (χ0n) is 40.7. The number of likely N-dealkylation sites (tertiary alicyclic amines) is 1. The molecule has 12 nitrogen and oxygen atoms in total. The number of carboxylic acid groups (broad SMARTS) is 1. The molecule has 1 aliphatic heterocycles. The van der Waals surface area contributed by atoms with Crippen LogP contribution in [0.1, 0.15) is 103 Å². The van der Waals surface area contributed by atoms with Crippen molar-refractivity contribution in [3.63, 3.8) is 0 Å². The van der Waals surface area contributed by atoms with Gasteiger partial charge in [0.05, 0.1) is 0 Å². The largest absolute Gasteiger partial charge is 0.513 e. The maximum Gasteiger partial charge on any atom is 0.513 e. The van der Waals surface area contributed by atoms with Crippen LogP contribution in [-0.2, 0) is 24.1 Å². The molecule has 0 spiro atoms. The Kier molecular flexibility index (Phi) is 18.4. The minimum absolute atomic E-state index is 0.00145. The van der Waals surface area contributed by atoms with Crippen molar-refractivity contribution in [1.29, 1.82) is 0 Å². The summed E-state index contributed by atoms with van der Waals surface area (Å²) in [6.07, 6.45) is 15.0. The highest BCUT2D eigenvalue weighted by molar-refractivity contribution is 5.96. The molecule has 2 aliphatic carbocycles. The second-order valence-corrected chi connectivity index (χ2v) is 19.1. The van der Waals surface area contributed by atoms with Crippen LogP contribution in [0.25, 0.3) is 0 Å². The predicted molar refractivity (Wildman–Crippen MR) is 273 cm³/mol. The number of furan rings is 1. The van der Waals surface area contributed by atoms with Gasteiger partial charge in [-0.3, -0.25) is 14.5 Å². The molecule has 70 heavy (non-hydrogen) atoms. The lowest BCUT2D eigenvalue weighted by Gasteiger charge is -2.47. The van der Waals surface area contributed by atoms with Gasteiger partial charge in [0.25, 0.3) is 11.9 Å². The quantitative estimate of drug-likeness (QED) is 0.0845. The third kappa shape index (κ3) is 14.6. The number of carbonyl (C=O) groups is 3. The van der Waals surface area contributed by atoms with Gasteiger partial charge >= 0.3 is 6.16 Å². The first-order valence-corrected chi connectivity index (χ1v) is 24.8. The Labute approximate surface area is 413 Å². The lowest BCUT2D eigenvalue weighted by molar-refractivity contribution is -0.123. The van der Waals surface area contributed by atoms with Crippen molar-refractivity contribution in [2.45, 2.75) is 107 Å². The van der Waals surface area contributed by atoms with Gasteiger partial charge in [-0.15, -0.1) is 0 Å². The highest BCUT2D eigenvalue weighted by atomic mass is 16.7. The Morgan fingerprint density at radius 3 is 1.91 bits per heavy atom. The van der Waals surface area contributed by atoms with Gasteiger partial charge in [0.15, 0.2) is 0 Å². The number of hydrogen-bond acceptors (Lipinski definition) is 9. The molecule has 2 saturated carbocycles. The van der Waals surface area contributed by atoms with Crippen LogP contribution in [0.5, 0.6) is 17.6 Å². The summed E-state index contributed by atoms with van der Waals surface area (Å²) in [4.78, 5) is 44.2. The number of nitrogens with two attached hydrogens (primary N) is 1. The van der Waals surface area contributed by atoms with Crippen LogP contribution in [-0.4, -0.2) is 82.2 Å². The van der Waals surface area contributed by atoms with Gasteiger partial charge in [-0.2, -0.15) is 0 Å². The Bertz CT molecular complexity index is 2510. The van der Waals surface area contributed by atoms with Crippen LogP contribution in [0.3, 0.4) is 0 Å². The van der Waals surface area contributed by atoms with E-state index in [0.717, 1.165) is 76.2 Å². The number of aromatic nitrogens is 1. The summed E-state index contributed by atoms with van der Waals surface area (Å²) in [7, 11) is 4.32. The van der Waals surface area contributed by atoms with Crippen LogP contribution < -0.4 is 20.5 Å². The number of primary amides is 1. The Morgan fingerprint density at radius 2 is 1.33 bits per heavy atom. The lowest BCUT2D eigenvalue weighted by atomic mass is 9.72.